The molecule has 0 bridgehead atoms. The highest BCUT2D eigenvalue weighted by Gasteiger charge is 1.97. The van der Waals surface area contributed by atoms with E-state index in [4.69, 9.17) is 15.9 Å². The maximum atomic E-state index is 10.3. The van der Waals surface area contributed by atoms with Crippen LogP contribution in [0.4, 0.5) is 5.69 Å². The summed E-state index contributed by atoms with van der Waals surface area (Å²) in [6, 6.07) is 4.84. The number of carboxylic acid groups (broad SMARTS) is 2. The van der Waals surface area contributed by atoms with Crippen LogP contribution in [0.1, 0.15) is 11.1 Å². The average molecular weight is 233 g/mol. The van der Waals surface area contributed by atoms with E-state index in [1.165, 1.54) is 12.2 Å². The summed E-state index contributed by atoms with van der Waals surface area (Å²) < 4.78 is 0. The number of anilines is 1. The van der Waals surface area contributed by atoms with Crippen LogP contribution in [0, 0.1) is 0 Å². The zero-order valence-corrected chi connectivity index (χ0v) is 8.83. The molecule has 5 nitrogen and oxygen atoms in total. The first-order chi connectivity index (χ1) is 7.99. The Balaban J connectivity index is 2.94. The summed E-state index contributed by atoms with van der Waals surface area (Å²) in [6.07, 6.45) is 4.77. The van der Waals surface area contributed by atoms with Gasteiger partial charge in [0.2, 0.25) is 0 Å². The lowest BCUT2D eigenvalue weighted by Crippen LogP contribution is -1.92. The summed E-state index contributed by atoms with van der Waals surface area (Å²) in [4.78, 5) is 20.6. The Morgan fingerprint density at radius 2 is 1.65 bits per heavy atom. The molecule has 4 N–H and O–H groups in total. The molecule has 88 valence electrons. The van der Waals surface area contributed by atoms with Gasteiger partial charge in [-0.25, -0.2) is 9.59 Å². The van der Waals surface area contributed by atoms with Gasteiger partial charge >= 0.3 is 11.9 Å². The van der Waals surface area contributed by atoms with Crippen LogP contribution in [0.5, 0.6) is 0 Å². The number of hydrogen-bond acceptors (Lipinski definition) is 3. The molecule has 0 aromatic heterocycles. The van der Waals surface area contributed by atoms with Gasteiger partial charge in [0.25, 0.3) is 0 Å². The summed E-state index contributed by atoms with van der Waals surface area (Å²) in [5, 5.41) is 16.9. The van der Waals surface area contributed by atoms with Gasteiger partial charge < -0.3 is 15.9 Å². The number of benzene rings is 1. The molecule has 0 fully saturated rings. The first kappa shape index (κ1) is 12.5. The molecule has 0 saturated carbocycles. The van der Waals surface area contributed by atoms with Gasteiger partial charge in [-0.15, -0.1) is 0 Å². The van der Waals surface area contributed by atoms with Crippen LogP contribution in [0.25, 0.3) is 12.2 Å². The minimum absolute atomic E-state index is 0.384. The molecule has 17 heavy (non-hydrogen) atoms. The maximum absolute atomic E-state index is 10.3. The summed E-state index contributed by atoms with van der Waals surface area (Å²) in [7, 11) is 0. The maximum Gasteiger partial charge on any atom is 0.328 e. The fourth-order valence-electron chi connectivity index (χ4n) is 1.18. The Hall–Kier alpha value is -2.56. The molecule has 0 heterocycles. The standard InChI is InChI=1S/C12H11NO4/c13-10-7-8(2-5-11(14)15)1-3-9(10)4-6-12(16)17/h1-7H,13H2,(H,14,15)(H,16,17)/b5-2+,6-4+. The molecule has 0 unspecified atom stereocenters. The topological polar surface area (TPSA) is 101 Å². The van der Waals surface area contributed by atoms with Gasteiger partial charge in [-0.05, 0) is 29.3 Å². The summed E-state index contributed by atoms with van der Waals surface area (Å²) in [6.45, 7) is 0. The van der Waals surface area contributed by atoms with Crippen LogP contribution < -0.4 is 5.73 Å². The van der Waals surface area contributed by atoms with Crippen molar-refractivity contribution < 1.29 is 19.8 Å². The number of hydrogen-bond donors (Lipinski definition) is 3. The Morgan fingerprint density at radius 3 is 2.18 bits per heavy atom. The highest BCUT2D eigenvalue weighted by Crippen LogP contribution is 2.16. The van der Waals surface area contributed by atoms with Gasteiger partial charge in [-0.3, -0.25) is 0 Å². The van der Waals surface area contributed by atoms with E-state index in [9.17, 15) is 9.59 Å². The lowest BCUT2D eigenvalue weighted by atomic mass is 10.1. The lowest BCUT2D eigenvalue weighted by Gasteiger charge is -2.01. The Morgan fingerprint density at radius 1 is 1.06 bits per heavy atom. The van der Waals surface area contributed by atoms with E-state index in [2.05, 4.69) is 0 Å². The number of nitrogen functional groups attached to an aromatic ring is 1. The van der Waals surface area contributed by atoms with Crippen LogP contribution in [-0.2, 0) is 9.59 Å². The van der Waals surface area contributed by atoms with E-state index in [0.717, 1.165) is 12.2 Å². The quantitative estimate of drug-likeness (QED) is 0.540. The SMILES string of the molecule is Nc1cc(/C=C/C(=O)O)ccc1/C=C/C(=O)O. The van der Waals surface area contributed by atoms with E-state index in [-0.39, 0.29) is 0 Å². The number of nitrogens with two attached hydrogens (primary N) is 1. The van der Waals surface area contributed by atoms with Gasteiger partial charge in [0, 0.05) is 17.8 Å². The van der Waals surface area contributed by atoms with Crippen molar-refractivity contribution in [1.29, 1.82) is 0 Å². The fraction of sp³-hybridized carbons (Fsp3) is 0. The van der Waals surface area contributed by atoms with E-state index < -0.39 is 11.9 Å². The predicted molar refractivity (Wildman–Crippen MR) is 64.2 cm³/mol. The largest absolute Gasteiger partial charge is 0.478 e. The minimum Gasteiger partial charge on any atom is -0.478 e. The third kappa shape index (κ3) is 4.21. The monoisotopic (exact) mass is 233 g/mol. The molecule has 0 amide bonds. The first-order valence-corrected chi connectivity index (χ1v) is 4.70. The van der Waals surface area contributed by atoms with Crippen LogP contribution in [-0.4, -0.2) is 22.2 Å². The Labute approximate surface area is 97.5 Å². The smallest absolute Gasteiger partial charge is 0.328 e. The minimum atomic E-state index is -1.06. The predicted octanol–water partition coefficient (Wildman–Crippen LogP) is 1.46. The third-order valence-electron chi connectivity index (χ3n) is 1.93. The zero-order valence-electron chi connectivity index (χ0n) is 8.83. The van der Waals surface area contributed by atoms with Gasteiger partial charge in [0.1, 0.15) is 0 Å². The number of carbonyl (C=O) groups is 2. The first-order valence-electron chi connectivity index (χ1n) is 4.70. The van der Waals surface area contributed by atoms with Crippen molar-refractivity contribution in [2.75, 3.05) is 5.73 Å². The normalized spacial score (nSPS) is 11.1. The summed E-state index contributed by atoms with van der Waals surface area (Å²) in [5.41, 5.74) is 7.28. The highest BCUT2D eigenvalue weighted by atomic mass is 16.4. The van der Waals surface area contributed by atoms with E-state index >= 15 is 0 Å². The molecule has 1 rings (SSSR count). The molecule has 0 radical (unpaired) electrons. The molecular weight excluding hydrogens is 222 g/mol. The molecular formula is C12H11NO4. The molecule has 1 aromatic rings. The molecule has 0 aliphatic carbocycles. The van der Waals surface area contributed by atoms with Crippen molar-refractivity contribution in [1.82, 2.24) is 0 Å². The van der Waals surface area contributed by atoms with Gasteiger partial charge in [0.15, 0.2) is 0 Å². The van der Waals surface area contributed by atoms with Crippen molar-refractivity contribution in [2.45, 2.75) is 0 Å². The Bertz CT molecular complexity index is 503. The van der Waals surface area contributed by atoms with Gasteiger partial charge in [-0.1, -0.05) is 12.1 Å². The molecule has 0 aliphatic heterocycles. The zero-order chi connectivity index (χ0) is 12.8. The molecule has 1 aromatic carbocycles. The molecule has 5 heteroatoms. The van der Waals surface area contributed by atoms with Crippen molar-refractivity contribution >= 4 is 29.8 Å². The van der Waals surface area contributed by atoms with Crippen molar-refractivity contribution in [3.05, 3.63) is 41.5 Å². The number of aliphatic carboxylic acids is 2. The van der Waals surface area contributed by atoms with Gasteiger partial charge in [0.05, 0.1) is 0 Å². The third-order valence-corrected chi connectivity index (χ3v) is 1.93. The average Bonchev–Trinajstić information content (AvgIpc) is 2.24. The molecule has 0 aliphatic rings. The van der Waals surface area contributed by atoms with Crippen LogP contribution >= 0.6 is 0 Å². The highest BCUT2D eigenvalue weighted by molar-refractivity contribution is 5.88. The summed E-state index contributed by atoms with van der Waals surface area (Å²) >= 11 is 0. The molecule has 0 atom stereocenters. The van der Waals surface area contributed by atoms with Crippen LogP contribution in [0.15, 0.2) is 30.4 Å². The van der Waals surface area contributed by atoms with Crippen molar-refractivity contribution in [3.8, 4) is 0 Å². The lowest BCUT2D eigenvalue weighted by molar-refractivity contribution is -0.132. The van der Waals surface area contributed by atoms with Crippen molar-refractivity contribution in [3.63, 3.8) is 0 Å². The Kier molecular flexibility index (Phi) is 4.05. The van der Waals surface area contributed by atoms with E-state index in [1.54, 1.807) is 18.2 Å². The second-order valence-electron chi connectivity index (χ2n) is 3.23. The second-order valence-corrected chi connectivity index (χ2v) is 3.23. The van der Waals surface area contributed by atoms with Crippen LogP contribution in [0.3, 0.4) is 0 Å². The second kappa shape index (κ2) is 5.50. The molecule has 0 saturated heterocycles. The van der Waals surface area contributed by atoms with E-state index in [1.807, 2.05) is 0 Å². The van der Waals surface area contributed by atoms with Gasteiger partial charge in [-0.2, -0.15) is 0 Å². The number of carboxylic acids is 2. The van der Waals surface area contributed by atoms with E-state index in [0.29, 0.717) is 16.8 Å². The van der Waals surface area contributed by atoms with Crippen molar-refractivity contribution in [2.24, 2.45) is 0 Å². The number of rotatable bonds is 4. The molecule has 0 spiro atoms. The van der Waals surface area contributed by atoms with Crippen LogP contribution in [0.2, 0.25) is 0 Å². The fourth-order valence-corrected chi connectivity index (χ4v) is 1.18. The summed E-state index contributed by atoms with van der Waals surface area (Å²) in [5.74, 6) is -2.10.